The molecule has 2 fully saturated rings. The normalized spacial score (nSPS) is 14.2. The third-order valence-corrected chi connectivity index (χ3v) is 20.6. The Morgan fingerprint density at radius 2 is 0.500 bits per heavy atom. The number of carboxylic acid groups (broad SMARTS) is 2. The standard InChI is InChI=1S/2C23H24P.2C2H4O2/c2*1-4-12-20(13-5-1)24(23-18-10-11-19-23,21-14-6-2-7-15-21)22-16-8-3-9-17-22;2*1-2(3)4/h2*1-9,12-17,23H,10-11,18-19H2;2*1H3,(H,3,4)/q2*+1;;/p-2. The molecule has 0 bridgehead atoms. The topological polar surface area (TPSA) is 80.3 Å². The number of carbonyl (C=O) groups is 2. The van der Waals surface area contributed by atoms with Gasteiger partial charge in [-0.3, -0.25) is 0 Å². The average molecular weight is 781 g/mol. The van der Waals surface area contributed by atoms with Gasteiger partial charge in [0.2, 0.25) is 0 Å². The smallest absolute Gasteiger partial charge is 0.115 e. The molecule has 56 heavy (non-hydrogen) atoms. The number of rotatable bonds is 8. The van der Waals surface area contributed by atoms with Crippen LogP contribution in [0.25, 0.3) is 0 Å². The van der Waals surface area contributed by atoms with Crippen LogP contribution in [0.4, 0.5) is 0 Å². The third kappa shape index (κ3) is 10.3. The molecule has 0 amide bonds. The van der Waals surface area contributed by atoms with Crippen molar-refractivity contribution in [2.75, 3.05) is 0 Å². The molecule has 0 aliphatic heterocycles. The highest BCUT2D eigenvalue weighted by molar-refractivity contribution is 7.96. The number of hydrogen-bond donors (Lipinski definition) is 0. The summed E-state index contributed by atoms with van der Waals surface area (Å²) in [6.45, 7) is 1.94. The first-order chi connectivity index (χ1) is 27.3. The minimum atomic E-state index is -1.60. The Kier molecular flexibility index (Phi) is 16.2. The summed E-state index contributed by atoms with van der Waals surface area (Å²) in [5.41, 5.74) is 1.54. The zero-order valence-corrected chi connectivity index (χ0v) is 34.4. The molecule has 6 heteroatoms. The highest BCUT2D eigenvalue weighted by atomic mass is 31.2. The lowest BCUT2D eigenvalue weighted by Crippen LogP contribution is -2.37. The summed E-state index contributed by atoms with van der Waals surface area (Å²) in [6, 6.07) is 67.8. The Bertz CT molecular complexity index is 1660. The molecule has 0 unspecified atom stereocenters. The van der Waals surface area contributed by atoms with Gasteiger partial charge in [-0.05, 0) is 138 Å². The Morgan fingerprint density at radius 3 is 0.643 bits per heavy atom. The quantitative estimate of drug-likeness (QED) is 0.151. The van der Waals surface area contributed by atoms with Gasteiger partial charge in [0, 0.05) is 11.9 Å². The second-order valence-electron chi connectivity index (χ2n) is 14.3. The van der Waals surface area contributed by atoms with Crippen LogP contribution < -0.4 is 42.0 Å². The van der Waals surface area contributed by atoms with Gasteiger partial charge >= 0.3 is 0 Å². The van der Waals surface area contributed by atoms with Crippen LogP contribution in [0, 0.1) is 0 Å². The molecule has 2 aliphatic rings. The summed E-state index contributed by atoms with van der Waals surface area (Å²) >= 11 is 0. The molecule has 6 aromatic carbocycles. The fraction of sp³-hybridized carbons (Fsp3) is 0.240. The predicted molar refractivity (Wildman–Crippen MR) is 236 cm³/mol. The first-order valence-corrected chi connectivity index (χ1v) is 23.5. The van der Waals surface area contributed by atoms with Crippen molar-refractivity contribution in [3.63, 3.8) is 0 Å². The first kappa shape index (κ1) is 42.3. The van der Waals surface area contributed by atoms with Gasteiger partial charge in [0.05, 0.1) is 11.3 Å². The Morgan fingerprint density at radius 1 is 0.357 bits per heavy atom. The second-order valence-corrected chi connectivity index (χ2v) is 21.8. The fourth-order valence-electron chi connectivity index (χ4n) is 8.72. The largest absolute Gasteiger partial charge is 0.550 e. The zero-order chi connectivity index (χ0) is 39.6. The van der Waals surface area contributed by atoms with Gasteiger partial charge in [0.15, 0.2) is 0 Å². The molecule has 4 nitrogen and oxygen atoms in total. The van der Waals surface area contributed by atoms with Crippen molar-refractivity contribution in [3.05, 3.63) is 182 Å². The Labute approximate surface area is 335 Å². The first-order valence-electron chi connectivity index (χ1n) is 19.8. The predicted octanol–water partition coefficient (Wildman–Crippen LogP) is 7.36. The van der Waals surface area contributed by atoms with E-state index in [1.807, 2.05) is 0 Å². The summed E-state index contributed by atoms with van der Waals surface area (Å²) in [5.74, 6) is -2.17. The highest BCUT2D eigenvalue weighted by Crippen LogP contribution is 2.65. The third-order valence-electron chi connectivity index (χ3n) is 10.7. The molecule has 0 atom stereocenters. The van der Waals surface area contributed by atoms with E-state index in [-0.39, 0.29) is 0 Å². The lowest BCUT2D eigenvalue weighted by Gasteiger charge is -2.32. The van der Waals surface area contributed by atoms with Crippen LogP contribution >= 0.6 is 14.5 Å². The van der Waals surface area contributed by atoms with Crippen LogP contribution in [0.2, 0.25) is 0 Å². The van der Waals surface area contributed by atoms with Crippen LogP contribution in [0.5, 0.6) is 0 Å². The maximum atomic E-state index is 8.89. The number of aliphatic carboxylic acids is 2. The van der Waals surface area contributed by atoms with E-state index in [9.17, 15) is 0 Å². The number of carboxylic acids is 2. The molecule has 288 valence electrons. The van der Waals surface area contributed by atoms with E-state index in [0.29, 0.717) is 0 Å². The molecular weight excluding hydrogens is 726 g/mol. The van der Waals surface area contributed by atoms with E-state index >= 15 is 0 Å². The number of benzene rings is 6. The number of hydrogen-bond acceptors (Lipinski definition) is 4. The maximum Gasteiger partial charge on any atom is 0.115 e. The molecule has 2 aliphatic carbocycles. The zero-order valence-electron chi connectivity index (χ0n) is 32.7. The molecule has 0 saturated heterocycles. The Balaban J connectivity index is 0.000000180. The Hall–Kier alpha value is -4.88. The van der Waals surface area contributed by atoms with Crippen molar-refractivity contribution in [2.24, 2.45) is 0 Å². The summed E-state index contributed by atoms with van der Waals surface area (Å²) in [4.78, 5) is 17.8. The van der Waals surface area contributed by atoms with Gasteiger partial charge < -0.3 is 19.8 Å². The summed E-state index contributed by atoms with van der Waals surface area (Å²) in [6.07, 6.45) is 10.9. The van der Waals surface area contributed by atoms with Crippen molar-refractivity contribution in [1.29, 1.82) is 0 Å². The van der Waals surface area contributed by atoms with Crippen molar-refractivity contribution in [3.8, 4) is 0 Å². The SMILES string of the molecule is CC(=O)[O-].CC(=O)[O-].c1ccc([P+](c2ccccc2)(c2ccccc2)C2CCCC2)cc1.c1ccc([P+](c2ccccc2)(c2ccccc2)C2CCCC2)cc1. The lowest BCUT2D eigenvalue weighted by molar-refractivity contribution is -0.303. The van der Waals surface area contributed by atoms with Crippen molar-refractivity contribution in [1.82, 2.24) is 0 Å². The highest BCUT2D eigenvalue weighted by Gasteiger charge is 2.54. The molecule has 0 heterocycles. The van der Waals surface area contributed by atoms with E-state index in [2.05, 4.69) is 182 Å². The molecule has 8 rings (SSSR count). The summed E-state index contributed by atoms with van der Waals surface area (Å²) in [5, 5.41) is 27.0. The molecule has 0 radical (unpaired) electrons. The minimum Gasteiger partial charge on any atom is -0.550 e. The molecule has 0 aromatic heterocycles. The molecular formula is C50H54O4P2. The van der Waals surface area contributed by atoms with Gasteiger partial charge in [-0.25, -0.2) is 0 Å². The molecule has 2 saturated carbocycles. The average Bonchev–Trinajstić information content (AvgIpc) is 3.98. The molecule has 0 N–H and O–H groups in total. The van der Waals surface area contributed by atoms with E-state index < -0.39 is 26.5 Å². The van der Waals surface area contributed by atoms with E-state index in [1.165, 1.54) is 83.2 Å². The van der Waals surface area contributed by atoms with Gasteiger partial charge in [0.1, 0.15) is 46.4 Å². The van der Waals surface area contributed by atoms with Gasteiger partial charge in [0.25, 0.3) is 0 Å². The van der Waals surface area contributed by atoms with Crippen molar-refractivity contribution < 1.29 is 19.8 Å². The minimum absolute atomic E-state index is 0.768. The molecule has 0 spiro atoms. The number of carbonyl (C=O) groups excluding carboxylic acids is 2. The second kappa shape index (κ2) is 21.4. The van der Waals surface area contributed by atoms with Crippen LogP contribution in [-0.4, -0.2) is 23.3 Å². The fourth-order valence-corrected chi connectivity index (χ4v) is 19.2. The van der Waals surface area contributed by atoms with E-state index in [0.717, 1.165) is 25.2 Å². The van der Waals surface area contributed by atoms with Crippen LogP contribution in [0.15, 0.2) is 182 Å². The molecule has 6 aromatic rings. The van der Waals surface area contributed by atoms with Crippen LogP contribution in [-0.2, 0) is 9.59 Å². The monoisotopic (exact) mass is 780 g/mol. The van der Waals surface area contributed by atoms with Crippen molar-refractivity contribution >= 4 is 58.3 Å². The van der Waals surface area contributed by atoms with Gasteiger partial charge in [-0.15, -0.1) is 0 Å². The summed E-state index contributed by atoms with van der Waals surface area (Å²) < 4.78 is 0. The van der Waals surface area contributed by atoms with Gasteiger partial charge in [-0.2, -0.15) is 0 Å². The van der Waals surface area contributed by atoms with Crippen LogP contribution in [0.1, 0.15) is 65.2 Å². The lowest BCUT2D eigenvalue weighted by atomic mass is 10.3. The maximum absolute atomic E-state index is 8.89. The van der Waals surface area contributed by atoms with Crippen molar-refractivity contribution in [2.45, 2.75) is 76.5 Å². The van der Waals surface area contributed by atoms with E-state index in [4.69, 9.17) is 19.8 Å². The summed E-state index contributed by atoms with van der Waals surface area (Å²) in [7, 11) is -3.20. The van der Waals surface area contributed by atoms with Crippen LogP contribution in [0.3, 0.4) is 0 Å². The van der Waals surface area contributed by atoms with Gasteiger partial charge in [-0.1, -0.05) is 109 Å². The van der Waals surface area contributed by atoms with E-state index in [1.54, 1.807) is 0 Å².